The molecule has 0 saturated heterocycles. The van der Waals surface area contributed by atoms with E-state index in [9.17, 15) is 21.2 Å². The molecule has 0 atom stereocenters. The van der Waals surface area contributed by atoms with Crippen molar-refractivity contribution in [2.75, 3.05) is 9.44 Å². The number of aromatic nitrogens is 2. The first-order valence-corrected chi connectivity index (χ1v) is 10.8. The Labute approximate surface area is 161 Å². The van der Waals surface area contributed by atoms with Crippen LogP contribution in [0.25, 0.3) is 0 Å². The Hall–Kier alpha value is -3.05. The fourth-order valence-corrected chi connectivity index (χ4v) is 4.22. The van der Waals surface area contributed by atoms with Crippen molar-refractivity contribution in [3.8, 4) is 0 Å². The summed E-state index contributed by atoms with van der Waals surface area (Å²) in [5.41, 5.74) is 0.744. The number of nitrogens with one attached hydrogen (secondary N) is 2. The van der Waals surface area contributed by atoms with Crippen LogP contribution in [0.3, 0.4) is 0 Å². The molecule has 3 rings (SSSR count). The first-order chi connectivity index (χ1) is 13.2. The van der Waals surface area contributed by atoms with Gasteiger partial charge >= 0.3 is 0 Å². The Morgan fingerprint density at radius 3 is 1.89 bits per heavy atom. The number of anilines is 2. The van der Waals surface area contributed by atoms with Gasteiger partial charge < -0.3 is 0 Å². The Bertz CT molecular complexity index is 1200. The fourth-order valence-electron chi connectivity index (χ4n) is 2.21. The molecular formula is C17H15FN4O4S2. The normalized spacial score (nSPS) is 11.8. The zero-order valence-corrected chi connectivity index (χ0v) is 16.1. The molecule has 0 amide bonds. The van der Waals surface area contributed by atoms with Crippen LogP contribution >= 0.6 is 0 Å². The van der Waals surface area contributed by atoms with Crippen molar-refractivity contribution in [2.24, 2.45) is 0 Å². The number of hydrogen-bond donors (Lipinski definition) is 2. The third kappa shape index (κ3) is 4.61. The summed E-state index contributed by atoms with van der Waals surface area (Å²) in [5, 5.41) is 0. The number of benzene rings is 2. The Balaban J connectivity index is 1.78. The van der Waals surface area contributed by atoms with Crippen LogP contribution in [0.2, 0.25) is 0 Å². The largest absolute Gasteiger partial charge is 0.280 e. The van der Waals surface area contributed by atoms with Crippen molar-refractivity contribution in [3.63, 3.8) is 0 Å². The Kier molecular flexibility index (Phi) is 5.29. The van der Waals surface area contributed by atoms with E-state index in [4.69, 9.17) is 0 Å². The van der Waals surface area contributed by atoms with Gasteiger partial charge in [-0.05, 0) is 61.5 Å². The molecule has 0 fully saturated rings. The highest BCUT2D eigenvalue weighted by atomic mass is 32.2. The number of sulfonamides is 2. The van der Waals surface area contributed by atoms with Gasteiger partial charge in [0.1, 0.15) is 5.82 Å². The Morgan fingerprint density at radius 2 is 1.32 bits per heavy atom. The zero-order chi connectivity index (χ0) is 20.4. The second-order valence-electron chi connectivity index (χ2n) is 5.71. The maximum absolute atomic E-state index is 12.9. The first-order valence-electron chi connectivity index (χ1n) is 7.87. The quantitative estimate of drug-likeness (QED) is 0.630. The monoisotopic (exact) mass is 422 g/mol. The number of halogens is 1. The van der Waals surface area contributed by atoms with Gasteiger partial charge in [-0.15, -0.1) is 0 Å². The van der Waals surface area contributed by atoms with Crippen LogP contribution in [0.1, 0.15) is 5.69 Å². The molecule has 1 heterocycles. The molecule has 0 aliphatic heterocycles. The molecule has 0 unspecified atom stereocenters. The van der Waals surface area contributed by atoms with Crippen molar-refractivity contribution in [3.05, 3.63) is 72.3 Å². The molecule has 0 radical (unpaired) electrons. The van der Waals surface area contributed by atoms with E-state index in [1.54, 1.807) is 13.0 Å². The van der Waals surface area contributed by atoms with Crippen LogP contribution in [-0.4, -0.2) is 26.8 Å². The minimum atomic E-state index is -3.94. The van der Waals surface area contributed by atoms with E-state index in [2.05, 4.69) is 19.4 Å². The molecule has 0 aliphatic rings. The molecule has 0 bridgehead atoms. The van der Waals surface area contributed by atoms with Gasteiger partial charge in [0.2, 0.25) is 5.95 Å². The van der Waals surface area contributed by atoms with E-state index in [1.807, 2.05) is 0 Å². The summed E-state index contributed by atoms with van der Waals surface area (Å²) in [5.74, 6) is -0.625. The maximum atomic E-state index is 12.9. The summed E-state index contributed by atoms with van der Waals surface area (Å²) < 4.78 is 66.9. The number of nitrogens with zero attached hydrogens (tertiary/aromatic N) is 2. The summed E-state index contributed by atoms with van der Waals surface area (Å²) in [7, 11) is -7.87. The third-order valence-electron chi connectivity index (χ3n) is 3.56. The minimum absolute atomic E-state index is 0.0684. The Morgan fingerprint density at radius 1 is 0.786 bits per heavy atom. The first kappa shape index (κ1) is 19.7. The van der Waals surface area contributed by atoms with Gasteiger partial charge in [-0.25, -0.2) is 35.9 Å². The molecule has 0 aliphatic carbocycles. The highest BCUT2D eigenvalue weighted by molar-refractivity contribution is 7.93. The molecule has 3 aromatic rings. The second kappa shape index (κ2) is 7.52. The molecule has 1 aromatic heterocycles. The molecule has 2 N–H and O–H groups in total. The van der Waals surface area contributed by atoms with Crippen LogP contribution in [-0.2, 0) is 20.0 Å². The molecule has 28 heavy (non-hydrogen) atoms. The van der Waals surface area contributed by atoms with Gasteiger partial charge in [-0.2, -0.15) is 0 Å². The van der Waals surface area contributed by atoms with Gasteiger partial charge in [0.05, 0.1) is 9.79 Å². The van der Waals surface area contributed by atoms with Gasteiger partial charge in [-0.3, -0.25) is 4.72 Å². The average Bonchev–Trinajstić information content (AvgIpc) is 2.62. The van der Waals surface area contributed by atoms with Gasteiger partial charge in [0.25, 0.3) is 20.0 Å². The van der Waals surface area contributed by atoms with Crippen LogP contribution in [0.4, 0.5) is 16.0 Å². The van der Waals surface area contributed by atoms with Crippen molar-refractivity contribution in [1.82, 2.24) is 9.97 Å². The standard InChI is InChI=1S/C17H15FN4O4S2/c1-12-10-11-19-17(20-12)22-28(25,26)16-8-4-14(5-9-16)21-27(23,24)15-6-2-13(18)3-7-15/h2-11,21H,1H3,(H,19,20,22). The third-order valence-corrected chi connectivity index (χ3v) is 6.30. The predicted molar refractivity (Wildman–Crippen MR) is 101 cm³/mol. The van der Waals surface area contributed by atoms with Crippen LogP contribution in [0, 0.1) is 12.7 Å². The van der Waals surface area contributed by atoms with Gasteiger partial charge in [0, 0.05) is 17.6 Å². The van der Waals surface area contributed by atoms with Crippen LogP contribution in [0.15, 0.2) is 70.6 Å². The summed E-state index contributed by atoms with van der Waals surface area (Å²) in [6.45, 7) is 1.70. The highest BCUT2D eigenvalue weighted by Gasteiger charge is 2.18. The van der Waals surface area contributed by atoms with E-state index in [0.717, 1.165) is 24.3 Å². The van der Waals surface area contributed by atoms with E-state index in [-0.39, 0.29) is 21.4 Å². The molecule has 2 aromatic carbocycles. The molecule has 11 heteroatoms. The number of aryl methyl sites for hydroxylation is 1. The average molecular weight is 422 g/mol. The highest BCUT2D eigenvalue weighted by Crippen LogP contribution is 2.20. The predicted octanol–water partition coefficient (Wildman–Crippen LogP) is 2.53. The number of hydrogen-bond acceptors (Lipinski definition) is 6. The van der Waals surface area contributed by atoms with Crippen molar-refractivity contribution >= 4 is 31.7 Å². The van der Waals surface area contributed by atoms with Crippen LogP contribution < -0.4 is 9.44 Å². The zero-order valence-electron chi connectivity index (χ0n) is 14.5. The summed E-state index contributed by atoms with van der Waals surface area (Å²) in [4.78, 5) is 7.59. The minimum Gasteiger partial charge on any atom is -0.280 e. The van der Waals surface area contributed by atoms with E-state index in [1.165, 1.54) is 30.5 Å². The SMILES string of the molecule is Cc1ccnc(NS(=O)(=O)c2ccc(NS(=O)(=O)c3ccc(F)cc3)cc2)n1. The summed E-state index contributed by atoms with van der Waals surface area (Å²) in [6, 6.07) is 11.0. The lowest BCUT2D eigenvalue weighted by Gasteiger charge is -2.10. The molecular weight excluding hydrogens is 407 g/mol. The lowest BCUT2D eigenvalue weighted by atomic mass is 10.3. The molecule has 0 spiro atoms. The fraction of sp³-hybridized carbons (Fsp3) is 0.0588. The van der Waals surface area contributed by atoms with Crippen molar-refractivity contribution in [1.29, 1.82) is 0 Å². The van der Waals surface area contributed by atoms with E-state index in [0.29, 0.717) is 5.69 Å². The lowest BCUT2D eigenvalue weighted by Crippen LogP contribution is -2.16. The topological polar surface area (TPSA) is 118 Å². The van der Waals surface area contributed by atoms with Gasteiger partial charge in [-0.1, -0.05) is 0 Å². The van der Waals surface area contributed by atoms with Gasteiger partial charge in [0.15, 0.2) is 0 Å². The summed E-state index contributed by atoms with van der Waals surface area (Å²) in [6.07, 6.45) is 1.42. The molecule has 8 nitrogen and oxygen atoms in total. The number of rotatable bonds is 6. The summed E-state index contributed by atoms with van der Waals surface area (Å²) >= 11 is 0. The molecule has 146 valence electrons. The maximum Gasteiger partial charge on any atom is 0.264 e. The van der Waals surface area contributed by atoms with Crippen molar-refractivity contribution < 1.29 is 21.2 Å². The lowest BCUT2D eigenvalue weighted by molar-refractivity contribution is 0.598. The smallest absolute Gasteiger partial charge is 0.264 e. The molecule has 0 saturated carbocycles. The second-order valence-corrected chi connectivity index (χ2v) is 9.08. The van der Waals surface area contributed by atoms with E-state index < -0.39 is 25.9 Å². The van der Waals surface area contributed by atoms with Crippen molar-refractivity contribution in [2.45, 2.75) is 16.7 Å². The van der Waals surface area contributed by atoms with E-state index >= 15 is 0 Å². The van der Waals surface area contributed by atoms with Crippen LogP contribution in [0.5, 0.6) is 0 Å².